The molecule has 1 aromatic rings. The number of nitrogens with zero attached hydrogens (tertiary/aromatic N) is 1. The molecular weight excluding hydrogens is 266 g/mol. The van der Waals surface area contributed by atoms with E-state index in [1.165, 1.54) is 11.1 Å². The molecule has 5 atom stereocenters. The van der Waals surface area contributed by atoms with E-state index in [0.29, 0.717) is 17.7 Å². The van der Waals surface area contributed by atoms with E-state index >= 15 is 0 Å². The van der Waals surface area contributed by atoms with Crippen LogP contribution < -0.4 is 4.74 Å². The minimum Gasteiger partial charge on any atom is -0.504 e. The molecule has 2 aliphatic heterocycles. The highest BCUT2D eigenvalue weighted by Gasteiger charge is 2.64. The molecule has 2 N–H and O–H groups in total. The molecule has 4 nitrogen and oxygen atoms in total. The SMILES string of the molecule is CN1CC[C@]23c4c5ccc(O)c4O[C@H]2[C@@H](O)C=C[C@@H]3[C@H]1C5. The molecule has 0 unspecified atom stereocenters. The number of phenols is 1. The van der Waals surface area contributed by atoms with Gasteiger partial charge in [0.25, 0.3) is 0 Å². The van der Waals surface area contributed by atoms with Crippen molar-refractivity contribution < 1.29 is 14.9 Å². The summed E-state index contributed by atoms with van der Waals surface area (Å²) in [7, 11) is 2.19. The first-order valence-corrected chi connectivity index (χ1v) is 7.71. The number of hydrogen-bond donors (Lipinski definition) is 2. The van der Waals surface area contributed by atoms with Crippen molar-refractivity contribution in [2.45, 2.75) is 36.5 Å². The quantitative estimate of drug-likeness (QED) is 0.703. The van der Waals surface area contributed by atoms with E-state index < -0.39 is 6.10 Å². The Hall–Kier alpha value is -1.52. The van der Waals surface area contributed by atoms with E-state index in [1.807, 2.05) is 12.1 Å². The Morgan fingerprint density at radius 1 is 1.33 bits per heavy atom. The molecule has 1 saturated heterocycles. The van der Waals surface area contributed by atoms with Crippen LogP contribution in [0, 0.1) is 5.92 Å². The second-order valence-corrected chi connectivity index (χ2v) is 6.93. The van der Waals surface area contributed by atoms with Gasteiger partial charge in [-0.15, -0.1) is 0 Å². The highest BCUT2D eigenvalue weighted by atomic mass is 16.5. The first kappa shape index (κ1) is 12.1. The number of hydrogen-bond acceptors (Lipinski definition) is 4. The number of ether oxygens (including phenoxy) is 1. The molecule has 21 heavy (non-hydrogen) atoms. The zero-order valence-corrected chi connectivity index (χ0v) is 12.0. The third-order valence-corrected chi connectivity index (χ3v) is 6.15. The minimum atomic E-state index is -0.594. The Bertz CT molecular complexity index is 670. The second-order valence-electron chi connectivity index (χ2n) is 6.93. The van der Waals surface area contributed by atoms with Crippen LogP contribution in [0.1, 0.15) is 17.5 Å². The van der Waals surface area contributed by atoms with Gasteiger partial charge >= 0.3 is 0 Å². The lowest BCUT2D eigenvalue weighted by molar-refractivity contribution is -0.0453. The maximum Gasteiger partial charge on any atom is 0.165 e. The van der Waals surface area contributed by atoms with Crippen LogP contribution in [0.3, 0.4) is 0 Å². The van der Waals surface area contributed by atoms with Crippen LogP contribution in [0.15, 0.2) is 24.3 Å². The van der Waals surface area contributed by atoms with Crippen molar-refractivity contribution in [1.29, 1.82) is 0 Å². The largest absolute Gasteiger partial charge is 0.504 e. The summed E-state index contributed by atoms with van der Waals surface area (Å²) in [6, 6.07) is 4.23. The van der Waals surface area contributed by atoms with Crippen LogP contribution in [0.5, 0.6) is 11.5 Å². The molecule has 0 radical (unpaired) electrons. The van der Waals surface area contributed by atoms with Gasteiger partial charge in [-0.05, 0) is 38.1 Å². The minimum absolute atomic E-state index is 0.160. The highest BCUT2D eigenvalue weighted by Crippen LogP contribution is 2.62. The molecule has 4 heteroatoms. The summed E-state index contributed by atoms with van der Waals surface area (Å²) < 4.78 is 6.09. The molecule has 0 saturated carbocycles. The molecule has 2 aliphatic carbocycles. The summed E-state index contributed by atoms with van der Waals surface area (Å²) in [6.45, 7) is 1.01. The van der Waals surface area contributed by atoms with Crippen LogP contribution in [-0.4, -0.2) is 47.0 Å². The van der Waals surface area contributed by atoms with Crippen LogP contribution >= 0.6 is 0 Å². The van der Waals surface area contributed by atoms with E-state index in [9.17, 15) is 10.2 Å². The topological polar surface area (TPSA) is 52.9 Å². The number of aromatic hydroxyl groups is 1. The molecule has 4 aliphatic rings. The predicted molar refractivity (Wildman–Crippen MR) is 77.6 cm³/mol. The molecule has 0 aromatic heterocycles. The summed E-state index contributed by atoms with van der Waals surface area (Å²) in [5, 5.41) is 20.6. The van der Waals surface area contributed by atoms with Gasteiger partial charge in [-0.25, -0.2) is 0 Å². The zero-order chi connectivity index (χ0) is 14.4. The standard InChI is InChI=1S/C17H19NO3/c1-18-7-6-17-10-3-5-13(20)16(17)21-15-12(19)4-2-9(14(15)17)8-11(10)18/h2-5,10-11,13,16,19-20H,6-8H2,1H3/t10-,11-,13+,16+,17+/m1/s1. The lowest BCUT2D eigenvalue weighted by atomic mass is 9.53. The number of aliphatic hydroxyl groups is 1. The van der Waals surface area contributed by atoms with Crippen molar-refractivity contribution in [2.75, 3.05) is 13.6 Å². The molecule has 1 aromatic carbocycles. The van der Waals surface area contributed by atoms with Gasteiger partial charge in [0.15, 0.2) is 11.5 Å². The Morgan fingerprint density at radius 2 is 2.19 bits per heavy atom. The van der Waals surface area contributed by atoms with Gasteiger partial charge in [0.2, 0.25) is 0 Å². The van der Waals surface area contributed by atoms with Crippen LogP contribution in [0.2, 0.25) is 0 Å². The van der Waals surface area contributed by atoms with Crippen LogP contribution in [0.4, 0.5) is 0 Å². The van der Waals surface area contributed by atoms with E-state index in [2.05, 4.69) is 18.0 Å². The fourth-order valence-electron chi connectivity index (χ4n) is 5.24. The van der Waals surface area contributed by atoms with Crippen molar-refractivity contribution in [3.05, 3.63) is 35.4 Å². The van der Waals surface area contributed by atoms with Crippen LogP contribution in [0.25, 0.3) is 0 Å². The van der Waals surface area contributed by atoms with Crippen molar-refractivity contribution in [3.63, 3.8) is 0 Å². The lowest BCUT2D eigenvalue weighted by Gasteiger charge is -2.56. The summed E-state index contributed by atoms with van der Waals surface area (Å²) in [5.41, 5.74) is 2.29. The summed E-state index contributed by atoms with van der Waals surface area (Å²) in [6.07, 6.45) is 5.18. The molecule has 1 spiro atoms. The van der Waals surface area contributed by atoms with Gasteiger partial charge in [0.1, 0.15) is 12.2 Å². The average Bonchev–Trinajstić information content (AvgIpc) is 2.83. The van der Waals surface area contributed by atoms with Gasteiger partial charge in [0.05, 0.1) is 0 Å². The summed E-state index contributed by atoms with van der Waals surface area (Å²) in [4.78, 5) is 2.43. The van der Waals surface area contributed by atoms with E-state index in [-0.39, 0.29) is 17.3 Å². The Labute approximate surface area is 123 Å². The third kappa shape index (κ3) is 1.21. The number of phenolic OH excluding ortho intramolecular Hbond substituents is 1. The van der Waals surface area contributed by atoms with Gasteiger partial charge in [-0.1, -0.05) is 18.2 Å². The molecule has 1 fully saturated rings. The molecular formula is C17H19NO3. The zero-order valence-electron chi connectivity index (χ0n) is 12.0. The van der Waals surface area contributed by atoms with Gasteiger partial charge in [0, 0.05) is 22.9 Å². The van der Waals surface area contributed by atoms with Gasteiger partial charge in [-0.3, -0.25) is 0 Å². The maximum atomic E-state index is 10.4. The number of aliphatic hydroxyl groups excluding tert-OH is 1. The number of benzene rings is 1. The van der Waals surface area contributed by atoms with Gasteiger partial charge < -0.3 is 19.8 Å². The van der Waals surface area contributed by atoms with E-state index in [4.69, 9.17) is 4.74 Å². The van der Waals surface area contributed by atoms with Gasteiger partial charge in [-0.2, -0.15) is 0 Å². The number of piperidine rings is 1. The summed E-state index contributed by atoms with van der Waals surface area (Å²) >= 11 is 0. The first-order chi connectivity index (χ1) is 10.1. The third-order valence-electron chi connectivity index (χ3n) is 6.15. The normalized spacial score (nSPS) is 42.6. The molecule has 2 heterocycles. The molecule has 2 bridgehead atoms. The molecule has 0 amide bonds. The average molecular weight is 285 g/mol. The Balaban J connectivity index is 1.84. The van der Waals surface area contributed by atoms with Crippen molar-refractivity contribution >= 4 is 0 Å². The Morgan fingerprint density at radius 3 is 3.05 bits per heavy atom. The van der Waals surface area contributed by atoms with E-state index in [0.717, 1.165) is 19.4 Å². The highest BCUT2D eigenvalue weighted by molar-refractivity contribution is 5.61. The fourth-order valence-corrected chi connectivity index (χ4v) is 5.24. The summed E-state index contributed by atoms with van der Waals surface area (Å²) in [5.74, 6) is 1.19. The first-order valence-electron chi connectivity index (χ1n) is 7.71. The number of likely N-dealkylation sites (tertiary alicyclic amines) is 1. The lowest BCUT2D eigenvalue weighted by Crippen LogP contribution is -2.64. The fraction of sp³-hybridized carbons (Fsp3) is 0.529. The maximum absolute atomic E-state index is 10.4. The van der Waals surface area contributed by atoms with Crippen molar-refractivity contribution in [3.8, 4) is 11.5 Å². The van der Waals surface area contributed by atoms with E-state index in [1.54, 1.807) is 6.07 Å². The molecule has 5 rings (SSSR count). The monoisotopic (exact) mass is 285 g/mol. The number of likely N-dealkylation sites (N-methyl/N-ethyl adjacent to an activating group) is 1. The van der Waals surface area contributed by atoms with Crippen molar-refractivity contribution in [1.82, 2.24) is 4.90 Å². The number of rotatable bonds is 0. The smallest absolute Gasteiger partial charge is 0.165 e. The van der Waals surface area contributed by atoms with Crippen molar-refractivity contribution in [2.24, 2.45) is 5.92 Å². The predicted octanol–water partition coefficient (Wildman–Crippen LogP) is 1.20. The molecule has 110 valence electrons. The Kier molecular flexibility index (Phi) is 2.08. The second kappa shape index (κ2) is 3.62. The van der Waals surface area contributed by atoms with Crippen LogP contribution in [-0.2, 0) is 11.8 Å².